The van der Waals surface area contributed by atoms with Gasteiger partial charge in [-0.25, -0.2) is 19.3 Å². The average Bonchev–Trinajstić information content (AvgIpc) is 3.04. The molecule has 134 valence electrons. The quantitative estimate of drug-likeness (QED) is 0.535. The van der Waals surface area contributed by atoms with E-state index < -0.39 is 17.1 Å². The average molecular weight is 378 g/mol. The van der Waals surface area contributed by atoms with E-state index in [1.807, 2.05) is 25.1 Å². The summed E-state index contributed by atoms with van der Waals surface area (Å²) >= 11 is 1.37. The molecule has 2 aromatic carbocycles. The molecule has 0 bridgehead atoms. The first-order valence-corrected chi connectivity index (χ1v) is 8.89. The van der Waals surface area contributed by atoms with Crippen LogP contribution < -0.4 is 11.2 Å². The molecule has 0 aliphatic carbocycles. The van der Waals surface area contributed by atoms with Gasteiger partial charge in [-0.2, -0.15) is 0 Å². The number of aromatic amines is 1. The number of aryl methyl sites for hydroxylation is 1. The van der Waals surface area contributed by atoms with Gasteiger partial charge in [0.15, 0.2) is 0 Å². The molecule has 0 fully saturated rings. The highest BCUT2D eigenvalue weighted by Crippen LogP contribution is 2.28. The summed E-state index contributed by atoms with van der Waals surface area (Å²) in [5.74, 6) is -0.476. The van der Waals surface area contributed by atoms with E-state index in [0.29, 0.717) is 10.8 Å². The fourth-order valence-corrected chi connectivity index (χ4v) is 3.58. The van der Waals surface area contributed by atoms with E-state index >= 15 is 0 Å². The first kappa shape index (κ1) is 16.9. The van der Waals surface area contributed by atoms with Crippen LogP contribution in [0.1, 0.15) is 11.1 Å². The van der Waals surface area contributed by atoms with Crippen LogP contribution in [-0.4, -0.2) is 25.9 Å². The van der Waals surface area contributed by atoms with Crippen molar-refractivity contribution >= 4 is 32.9 Å². The Kier molecular flexibility index (Phi) is 4.17. The van der Waals surface area contributed by atoms with Gasteiger partial charge in [-0.3, -0.25) is 9.78 Å². The van der Waals surface area contributed by atoms with Gasteiger partial charge in [0.25, 0.3) is 5.56 Å². The monoisotopic (exact) mass is 378 g/mol. The molecule has 4 rings (SSSR count). The number of H-pyrrole nitrogens is 1. The van der Waals surface area contributed by atoms with Crippen LogP contribution in [0.2, 0.25) is 0 Å². The molecule has 0 saturated carbocycles. The molecular formula is C19H14N4O3S. The van der Waals surface area contributed by atoms with Gasteiger partial charge in [-0.05, 0) is 36.8 Å². The predicted octanol–water partition coefficient (Wildman–Crippen LogP) is 2.90. The number of aliphatic imine (C=N–C) groups is 1. The molecule has 0 atom stereocenters. The van der Waals surface area contributed by atoms with Gasteiger partial charge in [0.2, 0.25) is 11.0 Å². The highest BCUT2D eigenvalue weighted by atomic mass is 32.1. The van der Waals surface area contributed by atoms with Gasteiger partial charge in [0.1, 0.15) is 5.56 Å². The molecule has 8 heteroatoms. The van der Waals surface area contributed by atoms with Gasteiger partial charge in [0.05, 0.1) is 15.9 Å². The number of nitrogens with one attached hydrogen (secondary N) is 1. The highest BCUT2D eigenvalue weighted by molar-refractivity contribution is 7.22. The number of hydrogen-bond acceptors (Lipinski definition) is 6. The summed E-state index contributed by atoms with van der Waals surface area (Å²) in [4.78, 5) is 35.1. The minimum Gasteiger partial charge on any atom is -0.493 e. The predicted molar refractivity (Wildman–Crippen MR) is 106 cm³/mol. The smallest absolute Gasteiger partial charge is 0.335 e. The van der Waals surface area contributed by atoms with Crippen LogP contribution in [-0.2, 0) is 0 Å². The van der Waals surface area contributed by atoms with Crippen molar-refractivity contribution in [1.82, 2.24) is 14.5 Å². The van der Waals surface area contributed by atoms with Crippen LogP contribution in [0.3, 0.4) is 0 Å². The zero-order valence-corrected chi connectivity index (χ0v) is 15.0. The number of thiazole rings is 1. The zero-order chi connectivity index (χ0) is 19.0. The summed E-state index contributed by atoms with van der Waals surface area (Å²) in [7, 11) is 0. The lowest BCUT2D eigenvalue weighted by Gasteiger charge is -2.08. The number of rotatable bonds is 3. The Morgan fingerprint density at radius 2 is 1.96 bits per heavy atom. The van der Waals surface area contributed by atoms with Crippen molar-refractivity contribution in [2.24, 2.45) is 4.99 Å². The maximum atomic E-state index is 12.1. The van der Waals surface area contributed by atoms with Crippen LogP contribution in [0.4, 0.5) is 5.13 Å². The maximum Gasteiger partial charge on any atom is 0.335 e. The van der Waals surface area contributed by atoms with E-state index in [9.17, 15) is 14.7 Å². The molecular weight excluding hydrogens is 364 g/mol. The van der Waals surface area contributed by atoms with Crippen molar-refractivity contribution in [3.8, 4) is 11.6 Å². The minimum absolute atomic E-state index is 0.117. The molecule has 27 heavy (non-hydrogen) atoms. The van der Waals surface area contributed by atoms with Crippen molar-refractivity contribution in [1.29, 1.82) is 0 Å². The first-order chi connectivity index (χ1) is 13.0. The standard InChI is InChI=1S/C19H14N4O3S/c1-11-7-8-14-15(9-11)27-18(21-14)20-10-13-16(24)22-19(26)23(17(13)25)12-5-3-2-4-6-12/h2-10,25H,1H3,(H,22,24,26). The minimum atomic E-state index is -0.726. The summed E-state index contributed by atoms with van der Waals surface area (Å²) in [6.45, 7) is 1.99. The largest absolute Gasteiger partial charge is 0.493 e. The van der Waals surface area contributed by atoms with Gasteiger partial charge in [-0.15, -0.1) is 0 Å². The second-order valence-electron chi connectivity index (χ2n) is 5.89. The van der Waals surface area contributed by atoms with E-state index in [4.69, 9.17) is 0 Å². The number of fused-ring (bicyclic) bond motifs is 1. The molecule has 2 aromatic heterocycles. The Hall–Kier alpha value is -3.52. The van der Waals surface area contributed by atoms with Crippen molar-refractivity contribution in [2.45, 2.75) is 6.92 Å². The van der Waals surface area contributed by atoms with Gasteiger partial charge >= 0.3 is 5.69 Å². The van der Waals surface area contributed by atoms with E-state index in [-0.39, 0.29) is 5.56 Å². The molecule has 0 spiro atoms. The van der Waals surface area contributed by atoms with Crippen molar-refractivity contribution in [3.05, 3.63) is 80.5 Å². The van der Waals surface area contributed by atoms with Gasteiger partial charge in [-0.1, -0.05) is 35.6 Å². The van der Waals surface area contributed by atoms with E-state index in [2.05, 4.69) is 15.0 Å². The second kappa shape index (κ2) is 6.65. The molecule has 0 aliphatic rings. The number of para-hydroxylation sites is 1. The Morgan fingerprint density at radius 1 is 1.19 bits per heavy atom. The third kappa shape index (κ3) is 3.18. The van der Waals surface area contributed by atoms with Crippen molar-refractivity contribution < 1.29 is 5.11 Å². The highest BCUT2D eigenvalue weighted by Gasteiger charge is 2.14. The fraction of sp³-hybridized carbons (Fsp3) is 0.0526. The van der Waals surface area contributed by atoms with Crippen LogP contribution in [0.15, 0.2) is 63.1 Å². The Labute approximate surface area is 156 Å². The number of aromatic hydroxyl groups is 1. The van der Waals surface area contributed by atoms with Crippen LogP contribution in [0.5, 0.6) is 5.88 Å². The summed E-state index contributed by atoms with van der Waals surface area (Å²) in [6.07, 6.45) is 1.22. The van der Waals surface area contributed by atoms with Crippen LogP contribution in [0.25, 0.3) is 15.9 Å². The molecule has 4 aromatic rings. The number of nitrogens with zero attached hydrogens (tertiary/aromatic N) is 3. The van der Waals surface area contributed by atoms with Crippen LogP contribution >= 0.6 is 11.3 Å². The maximum absolute atomic E-state index is 12.1. The Balaban J connectivity index is 1.80. The van der Waals surface area contributed by atoms with Crippen LogP contribution in [0, 0.1) is 6.92 Å². The normalized spacial score (nSPS) is 11.4. The lowest BCUT2D eigenvalue weighted by Crippen LogP contribution is -2.31. The lowest BCUT2D eigenvalue weighted by atomic mass is 10.2. The van der Waals surface area contributed by atoms with Crippen molar-refractivity contribution in [2.75, 3.05) is 0 Å². The third-order valence-corrected chi connectivity index (χ3v) is 4.90. The molecule has 0 unspecified atom stereocenters. The Bertz CT molecular complexity index is 1290. The van der Waals surface area contributed by atoms with Gasteiger partial charge in [0, 0.05) is 6.21 Å². The number of aromatic nitrogens is 3. The van der Waals surface area contributed by atoms with E-state index in [0.717, 1.165) is 20.3 Å². The summed E-state index contributed by atoms with van der Waals surface area (Å²) in [5, 5.41) is 10.9. The van der Waals surface area contributed by atoms with Crippen molar-refractivity contribution in [3.63, 3.8) is 0 Å². The van der Waals surface area contributed by atoms with E-state index in [1.165, 1.54) is 17.6 Å². The lowest BCUT2D eigenvalue weighted by molar-refractivity contribution is 0.430. The topological polar surface area (TPSA) is 100 Å². The molecule has 7 nitrogen and oxygen atoms in total. The Morgan fingerprint density at radius 3 is 2.74 bits per heavy atom. The molecule has 0 amide bonds. The summed E-state index contributed by atoms with van der Waals surface area (Å²) < 4.78 is 2.00. The fourth-order valence-electron chi connectivity index (χ4n) is 2.67. The number of hydrogen-bond donors (Lipinski definition) is 2. The molecule has 2 heterocycles. The summed E-state index contributed by atoms with van der Waals surface area (Å²) in [6, 6.07) is 14.4. The molecule has 2 N–H and O–H groups in total. The number of benzene rings is 2. The van der Waals surface area contributed by atoms with Gasteiger partial charge < -0.3 is 5.11 Å². The molecule has 0 aliphatic heterocycles. The second-order valence-corrected chi connectivity index (χ2v) is 6.90. The molecule has 0 saturated heterocycles. The SMILES string of the molecule is Cc1ccc2nc(N=Cc3c(O)n(-c4ccccc4)c(=O)[nH]c3=O)sc2c1. The third-order valence-electron chi connectivity index (χ3n) is 3.97. The molecule has 0 radical (unpaired) electrons. The summed E-state index contributed by atoms with van der Waals surface area (Å²) in [5.41, 5.74) is 0.799. The van der Waals surface area contributed by atoms with E-state index in [1.54, 1.807) is 30.3 Å². The first-order valence-electron chi connectivity index (χ1n) is 8.08. The zero-order valence-electron chi connectivity index (χ0n) is 14.2.